The van der Waals surface area contributed by atoms with E-state index >= 15 is 0 Å². The van der Waals surface area contributed by atoms with Crippen LogP contribution in [0.5, 0.6) is 0 Å². The molecule has 0 aliphatic rings. The van der Waals surface area contributed by atoms with Crippen LogP contribution < -0.4 is 11.8 Å². The van der Waals surface area contributed by atoms with Crippen LogP contribution in [0.3, 0.4) is 0 Å². The summed E-state index contributed by atoms with van der Waals surface area (Å²) < 4.78 is 0. The number of hydrogen-bond donors (Lipinski definition) is 2. The average Bonchev–Trinajstić information content (AvgIpc) is 1.97. The van der Waals surface area contributed by atoms with Crippen LogP contribution in [0.1, 0.15) is 12.8 Å². The largest absolute Gasteiger partial charge is 0.304 e. The second kappa shape index (κ2) is 6.63. The zero-order valence-corrected chi connectivity index (χ0v) is 5.71. The third-order valence-electron chi connectivity index (χ3n) is 0.998. The molecule has 0 aromatic carbocycles. The van der Waals surface area contributed by atoms with Gasteiger partial charge >= 0.3 is 0 Å². The van der Waals surface area contributed by atoms with E-state index < -0.39 is 0 Å². The molecule has 0 fully saturated rings. The van der Waals surface area contributed by atoms with Crippen LogP contribution in [0, 0.1) is 0 Å². The van der Waals surface area contributed by atoms with E-state index in [4.69, 9.17) is 11.8 Å². The van der Waals surface area contributed by atoms with Gasteiger partial charge in [-0.15, -0.1) is 0 Å². The molecule has 0 unspecified atom stereocenters. The predicted molar refractivity (Wildman–Crippen MR) is 34.5 cm³/mol. The molecule has 5 nitrogen and oxygen atoms in total. The monoisotopic (exact) mass is 148 g/mol. The summed E-state index contributed by atoms with van der Waals surface area (Å²) in [6.07, 6.45) is 0.639. The second-order valence-electron chi connectivity index (χ2n) is 1.78. The lowest BCUT2D eigenvalue weighted by Crippen LogP contribution is -2.11. The van der Waals surface area contributed by atoms with E-state index in [0.29, 0.717) is 12.8 Å². The van der Waals surface area contributed by atoms with Crippen molar-refractivity contribution in [3.05, 3.63) is 0 Å². The molecule has 0 aliphatic heterocycles. The number of Topliss-reactive ketones (excluding diaryl/α,β-unsaturated/α-hetero) is 1. The van der Waals surface area contributed by atoms with E-state index in [1.165, 1.54) is 0 Å². The molecular formula is C5H12N2O3. The summed E-state index contributed by atoms with van der Waals surface area (Å²) in [7, 11) is 0. The van der Waals surface area contributed by atoms with Crippen LogP contribution in [0.25, 0.3) is 0 Å². The third-order valence-corrected chi connectivity index (χ3v) is 0.998. The van der Waals surface area contributed by atoms with Gasteiger partial charge in [0.2, 0.25) is 0 Å². The molecule has 0 saturated heterocycles. The predicted octanol–water partition coefficient (Wildman–Crippen LogP) is -0.884. The highest BCUT2D eigenvalue weighted by Gasteiger charge is 1.99. The highest BCUT2D eigenvalue weighted by Crippen LogP contribution is 1.88. The fraction of sp³-hybridized carbons (Fsp3) is 0.800. The van der Waals surface area contributed by atoms with E-state index in [1.54, 1.807) is 0 Å². The summed E-state index contributed by atoms with van der Waals surface area (Å²) in [6, 6.07) is 0. The van der Waals surface area contributed by atoms with Gasteiger partial charge < -0.3 is 9.68 Å². The minimum absolute atomic E-state index is 0.0379. The Morgan fingerprint density at radius 1 is 1.10 bits per heavy atom. The van der Waals surface area contributed by atoms with Crippen LogP contribution in [0.2, 0.25) is 0 Å². The molecule has 0 amide bonds. The lowest BCUT2D eigenvalue weighted by atomic mass is 10.2. The minimum Gasteiger partial charge on any atom is -0.304 e. The standard InChI is InChI=1S/C5H12N2O3/c6-9-3-1-5(8)2-4-10-7/h1-4,6-7H2. The topological polar surface area (TPSA) is 87.6 Å². The van der Waals surface area contributed by atoms with Crippen molar-refractivity contribution in [3.8, 4) is 0 Å². The maximum absolute atomic E-state index is 10.7. The zero-order valence-electron chi connectivity index (χ0n) is 5.71. The summed E-state index contributed by atoms with van der Waals surface area (Å²) in [5.74, 6) is 9.43. The molecule has 10 heavy (non-hydrogen) atoms. The molecule has 60 valence electrons. The van der Waals surface area contributed by atoms with Crippen molar-refractivity contribution in [1.29, 1.82) is 0 Å². The molecular weight excluding hydrogens is 136 g/mol. The van der Waals surface area contributed by atoms with Crippen LogP contribution in [-0.2, 0) is 14.5 Å². The number of nitrogens with two attached hydrogens (primary N) is 2. The van der Waals surface area contributed by atoms with E-state index in [0.717, 1.165) is 0 Å². The molecule has 0 aliphatic carbocycles. The fourth-order valence-electron chi connectivity index (χ4n) is 0.471. The van der Waals surface area contributed by atoms with Gasteiger partial charge in [-0.3, -0.25) is 4.79 Å². The third kappa shape index (κ3) is 5.64. The smallest absolute Gasteiger partial charge is 0.137 e. The Kier molecular flexibility index (Phi) is 6.30. The van der Waals surface area contributed by atoms with Gasteiger partial charge in [-0.05, 0) is 0 Å². The highest BCUT2D eigenvalue weighted by atomic mass is 16.6. The van der Waals surface area contributed by atoms with Crippen molar-refractivity contribution in [2.24, 2.45) is 11.8 Å². The van der Waals surface area contributed by atoms with E-state index in [2.05, 4.69) is 9.68 Å². The lowest BCUT2D eigenvalue weighted by molar-refractivity contribution is -0.121. The normalized spacial score (nSPS) is 9.80. The Balaban J connectivity index is 3.09. The maximum Gasteiger partial charge on any atom is 0.137 e. The Labute approximate surface area is 59.2 Å². The zero-order chi connectivity index (χ0) is 7.82. The summed E-state index contributed by atoms with van der Waals surface area (Å²) in [4.78, 5) is 19.1. The van der Waals surface area contributed by atoms with Crippen molar-refractivity contribution in [1.82, 2.24) is 0 Å². The Morgan fingerprint density at radius 3 is 1.80 bits per heavy atom. The molecule has 0 aromatic rings. The van der Waals surface area contributed by atoms with Crippen LogP contribution in [-0.4, -0.2) is 19.0 Å². The van der Waals surface area contributed by atoms with Gasteiger partial charge in [-0.2, -0.15) is 0 Å². The number of rotatable bonds is 6. The van der Waals surface area contributed by atoms with Crippen molar-refractivity contribution in [2.75, 3.05) is 13.2 Å². The first-order chi connectivity index (χ1) is 4.81. The molecule has 0 atom stereocenters. The summed E-state index contributed by atoms with van der Waals surface area (Å²) >= 11 is 0. The number of hydrogen-bond acceptors (Lipinski definition) is 5. The summed E-state index contributed by atoms with van der Waals surface area (Å²) in [5.41, 5.74) is 0. The van der Waals surface area contributed by atoms with Gasteiger partial charge in [0.05, 0.1) is 13.2 Å². The van der Waals surface area contributed by atoms with Gasteiger partial charge in [0.25, 0.3) is 0 Å². The van der Waals surface area contributed by atoms with Gasteiger partial charge in [0.15, 0.2) is 0 Å². The highest BCUT2D eigenvalue weighted by molar-refractivity contribution is 5.78. The van der Waals surface area contributed by atoms with Gasteiger partial charge in [0, 0.05) is 12.8 Å². The molecule has 0 saturated carbocycles. The first-order valence-electron chi connectivity index (χ1n) is 2.96. The van der Waals surface area contributed by atoms with Crippen molar-refractivity contribution in [3.63, 3.8) is 0 Å². The number of carbonyl (C=O) groups is 1. The molecule has 0 radical (unpaired) electrons. The van der Waals surface area contributed by atoms with E-state index in [-0.39, 0.29) is 19.0 Å². The van der Waals surface area contributed by atoms with E-state index in [9.17, 15) is 4.79 Å². The quantitative estimate of drug-likeness (QED) is 0.477. The van der Waals surface area contributed by atoms with Crippen molar-refractivity contribution < 1.29 is 14.5 Å². The van der Waals surface area contributed by atoms with Crippen molar-refractivity contribution in [2.45, 2.75) is 12.8 Å². The molecule has 0 aromatic heterocycles. The van der Waals surface area contributed by atoms with Gasteiger partial charge in [-0.1, -0.05) is 0 Å². The Morgan fingerprint density at radius 2 is 1.50 bits per heavy atom. The lowest BCUT2D eigenvalue weighted by Gasteiger charge is -1.97. The van der Waals surface area contributed by atoms with Crippen molar-refractivity contribution >= 4 is 5.78 Å². The maximum atomic E-state index is 10.7. The summed E-state index contributed by atoms with van der Waals surface area (Å²) in [6.45, 7) is 0.507. The molecule has 0 rings (SSSR count). The molecule has 0 heterocycles. The van der Waals surface area contributed by atoms with Gasteiger partial charge in [0.1, 0.15) is 5.78 Å². The molecule has 0 bridgehead atoms. The molecule has 5 heteroatoms. The Bertz CT molecular complexity index is 86.9. The Hall–Kier alpha value is -0.490. The van der Waals surface area contributed by atoms with Gasteiger partial charge in [-0.25, -0.2) is 11.8 Å². The molecule has 0 spiro atoms. The summed E-state index contributed by atoms with van der Waals surface area (Å²) in [5, 5.41) is 0. The average molecular weight is 148 g/mol. The minimum atomic E-state index is 0.0379. The fourth-order valence-corrected chi connectivity index (χ4v) is 0.471. The van der Waals surface area contributed by atoms with Crippen LogP contribution in [0.15, 0.2) is 0 Å². The van der Waals surface area contributed by atoms with E-state index in [1.807, 2.05) is 0 Å². The molecule has 4 N–H and O–H groups in total. The SMILES string of the molecule is NOCCC(=O)CCON. The number of carbonyl (C=O) groups excluding carboxylic acids is 1. The second-order valence-corrected chi connectivity index (χ2v) is 1.78. The first kappa shape index (κ1) is 9.51. The van der Waals surface area contributed by atoms with Crippen LogP contribution >= 0.6 is 0 Å². The first-order valence-corrected chi connectivity index (χ1v) is 2.96. The van der Waals surface area contributed by atoms with Crippen LogP contribution in [0.4, 0.5) is 0 Å². The number of ketones is 1.